The second kappa shape index (κ2) is 2.32. The van der Waals surface area contributed by atoms with Crippen molar-refractivity contribution in [2.75, 3.05) is 0 Å². The van der Waals surface area contributed by atoms with Gasteiger partial charge in [0.2, 0.25) is 0 Å². The molecular formula is C8H14B2. The van der Waals surface area contributed by atoms with Crippen LogP contribution in [0.4, 0.5) is 0 Å². The molecule has 0 saturated heterocycles. The van der Waals surface area contributed by atoms with E-state index in [1.807, 2.05) is 13.8 Å². The molecule has 0 aromatic carbocycles. The number of hydrogen-bond acceptors (Lipinski definition) is 0. The van der Waals surface area contributed by atoms with Crippen LogP contribution in [0, 0.1) is 0 Å². The third kappa shape index (κ3) is 1.26. The largest absolute Gasteiger partial charge is 0.0743 e. The molecule has 0 bridgehead atoms. The van der Waals surface area contributed by atoms with Crippen molar-refractivity contribution in [2.45, 2.75) is 50.2 Å². The van der Waals surface area contributed by atoms with Gasteiger partial charge in [-0.15, -0.1) is 0 Å². The minimum atomic E-state index is -0.205. The first-order valence-electron chi connectivity index (χ1n) is 4.03. The van der Waals surface area contributed by atoms with E-state index in [0.717, 1.165) is 12.8 Å². The smallest absolute Gasteiger partial charge is 0.0738 e. The fraction of sp³-hybridized carbons (Fsp3) is 1.00. The number of rotatable bonds is 1. The molecule has 0 N–H and O–H groups in total. The Morgan fingerprint density at radius 2 is 1.60 bits per heavy atom. The highest BCUT2D eigenvalue weighted by atomic mass is 14.4. The van der Waals surface area contributed by atoms with Crippen molar-refractivity contribution in [1.29, 1.82) is 0 Å². The van der Waals surface area contributed by atoms with Crippen LogP contribution in [0.5, 0.6) is 0 Å². The average molecular weight is 132 g/mol. The van der Waals surface area contributed by atoms with Gasteiger partial charge in [0.1, 0.15) is 0 Å². The van der Waals surface area contributed by atoms with E-state index in [1.165, 1.54) is 12.8 Å². The standard InChI is InChI=1S/C8H14B2/c1-7(2,9)8(10)5-3-4-6-8/h3-6H2,1-2H3. The van der Waals surface area contributed by atoms with Gasteiger partial charge in [-0.05, 0) is 0 Å². The summed E-state index contributed by atoms with van der Waals surface area (Å²) in [4.78, 5) is 0. The van der Waals surface area contributed by atoms with E-state index in [9.17, 15) is 0 Å². The van der Waals surface area contributed by atoms with Crippen LogP contribution in [0.3, 0.4) is 0 Å². The highest BCUT2D eigenvalue weighted by molar-refractivity contribution is 6.26. The van der Waals surface area contributed by atoms with E-state index in [2.05, 4.69) is 0 Å². The second-order valence-corrected chi connectivity index (χ2v) is 4.08. The lowest BCUT2D eigenvalue weighted by molar-refractivity contribution is 0.441. The highest BCUT2D eigenvalue weighted by Crippen LogP contribution is 2.57. The second-order valence-electron chi connectivity index (χ2n) is 4.08. The molecule has 0 aromatic rings. The number of hydrogen-bond donors (Lipinski definition) is 0. The minimum absolute atomic E-state index is 0.0903. The van der Waals surface area contributed by atoms with Crippen molar-refractivity contribution in [1.82, 2.24) is 0 Å². The van der Waals surface area contributed by atoms with Crippen LogP contribution in [0.2, 0.25) is 10.6 Å². The molecule has 0 atom stereocenters. The molecule has 4 radical (unpaired) electrons. The van der Waals surface area contributed by atoms with Gasteiger partial charge in [0.05, 0.1) is 15.7 Å². The molecule has 2 heteroatoms. The first-order valence-corrected chi connectivity index (χ1v) is 4.03. The van der Waals surface area contributed by atoms with E-state index in [-0.39, 0.29) is 10.6 Å². The van der Waals surface area contributed by atoms with Gasteiger partial charge < -0.3 is 0 Å². The summed E-state index contributed by atoms with van der Waals surface area (Å²) in [7, 11) is 12.1. The third-order valence-corrected chi connectivity index (χ3v) is 2.78. The first kappa shape index (κ1) is 8.23. The van der Waals surface area contributed by atoms with Crippen molar-refractivity contribution >= 4 is 15.7 Å². The van der Waals surface area contributed by atoms with E-state index < -0.39 is 0 Å². The van der Waals surface area contributed by atoms with Crippen LogP contribution in [-0.2, 0) is 0 Å². The molecular weight excluding hydrogens is 118 g/mol. The summed E-state index contributed by atoms with van der Waals surface area (Å²) in [5.74, 6) is 0. The molecule has 0 heterocycles. The van der Waals surface area contributed by atoms with Gasteiger partial charge >= 0.3 is 0 Å². The lowest BCUT2D eigenvalue weighted by atomic mass is 9.45. The molecule has 52 valence electrons. The van der Waals surface area contributed by atoms with Crippen molar-refractivity contribution < 1.29 is 0 Å². The van der Waals surface area contributed by atoms with Crippen LogP contribution in [0.15, 0.2) is 0 Å². The quantitative estimate of drug-likeness (QED) is 0.479. The van der Waals surface area contributed by atoms with E-state index in [0.29, 0.717) is 0 Å². The Labute approximate surface area is 66.6 Å². The maximum Gasteiger partial charge on any atom is 0.0743 e. The van der Waals surface area contributed by atoms with E-state index in [4.69, 9.17) is 15.7 Å². The van der Waals surface area contributed by atoms with Crippen LogP contribution in [-0.4, -0.2) is 15.7 Å². The summed E-state index contributed by atoms with van der Waals surface area (Å²) in [5.41, 5.74) is 0. The van der Waals surface area contributed by atoms with Gasteiger partial charge in [0.25, 0.3) is 0 Å². The SMILES string of the molecule is [B]C(C)(C)C1([B])CCCC1. The predicted molar refractivity (Wildman–Crippen MR) is 46.7 cm³/mol. The highest BCUT2D eigenvalue weighted by Gasteiger charge is 2.37. The zero-order chi connectivity index (χ0) is 7.83. The van der Waals surface area contributed by atoms with Crippen molar-refractivity contribution in [3.05, 3.63) is 0 Å². The maximum atomic E-state index is 6.11. The lowest BCUT2D eigenvalue weighted by Crippen LogP contribution is -2.23. The zero-order valence-corrected chi connectivity index (χ0v) is 6.98. The summed E-state index contributed by atoms with van der Waals surface area (Å²) < 4.78 is 0. The van der Waals surface area contributed by atoms with Crippen molar-refractivity contribution in [3.63, 3.8) is 0 Å². The fourth-order valence-corrected chi connectivity index (χ4v) is 1.65. The molecule has 10 heavy (non-hydrogen) atoms. The summed E-state index contributed by atoms with van der Waals surface area (Å²) in [6.07, 6.45) is 4.68. The molecule has 0 nitrogen and oxygen atoms in total. The van der Waals surface area contributed by atoms with Gasteiger partial charge in [-0.2, -0.15) is 0 Å². The molecule has 0 unspecified atom stereocenters. The van der Waals surface area contributed by atoms with Gasteiger partial charge in [-0.1, -0.05) is 50.2 Å². The van der Waals surface area contributed by atoms with Crippen molar-refractivity contribution in [2.24, 2.45) is 0 Å². The average Bonchev–Trinajstić information content (AvgIpc) is 2.13. The monoisotopic (exact) mass is 132 g/mol. The van der Waals surface area contributed by atoms with Gasteiger partial charge in [-0.25, -0.2) is 0 Å². The normalized spacial score (nSPS) is 25.0. The van der Waals surface area contributed by atoms with Crippen LogP contribution in [0.1, 0.15) is 39.5 Å². The summed E-state index contributed by atoms with van der Waals surface area (Å²) in [6.45, 7) is 4.05. The Morgan fingerprint density at radius 1 is 1.20 bits per heavy atom. The Morgan fingerprint density at radius 3 is 1.80 bits per heavy atom. The predicted octanol–water partition coefficient (Wildman–Crippen LogP) is 2.25. The third-order valence-electron chi connectivity index (χ3n) is 2.78. The lowest BCUT2D eigenvalue weighted by Gasteiger charge is -2.40. The summed E-state index contributed by atoms with van der Waals surface area (Å²) in [6, 6.07) is 0. The maximum absolute atomic E-state index is 6.11. The first-order chi connectivity index (χ1) is 4.46. The molecule has 1 fully saturated rings. The van der Waals surface area contributed by atoms with Gasteiger partial charge in [-0.3, -0.25) is 0 Å². The Kier molecular flexibility index (Phi) is 1.91. The van der Waals surface area contributed by atoms with Gasteiger partial charge in [0, 0.05) is 0 Å². The minimum Gasteiger partial charge on any atom is -0.0738 e. The van der Waals surface area contributed by atoms with Crippen LogP contribution >= 0.6 is 0 Å². The summed E-state index contributed by atoms with van der Waals surface area (Å²) in [5, 5.41) is -0.295. The molecule has 0 aromatic heterocycles. The van der Waals surface area contributed by atoms with Gasteiger partial charge in [0.15, 0.2) is 0 Å². The van der Waals surface area contributed by atoms with E-state index >= 15 is 0 Å². The van der Waals surface area contributed by atoms with Crippen LogP contribution in [0.25, 0.3) is 0 Å². The summed E-state index contributed by atoms with van der Waals surface area (Å²) >= 11 is 0. The van der Waals surface area contributed by atoms with Crippen molar-refractivity contribution in [3.8, 4) is 0 Å². The molecule has 1 aliphatic carbocycles. The molecule has 0 aliphatic heterocycles. The van der Waals surface area contributed by atoms with Crippen LogP contribution < -0.4 is 0 Å². The Hall–Kier alpha value is 0.130. The molecule has 1 saturated carbocycles. The molecule has 1 aliphatic rings. The Balaban J connectivity index is 2.67. The van der Waals surface area contributed by atoms with E-state index in [1.54, 1.807) is 0 Å². The molecule has 0 amide bonds. The topological polar surface area (TPSA) is 0 Å². The Bertz CT molecular complexity index is 118. The fourth-order valence-electron chi connectivity index (χ4n) is 1.65. The molecule has 1 rings (SSSR count). The molecule has 0 spiro atoms. The zero-order valence-electron chi connectivity index (χ0n) is 6.98.